The second-order valence-corrected chi connectivity index (χ2v) is 14.7. The van der Waals surface area contributed by atoms with Gasteiger partial charge in [0.2, 0.25) is 10.0 Å². The molecule has 3 aromatic rings. The Morgan fingerprint density at radius 3 is 2.62 bits per heavy atom. The molecule has 1 amide bonds. The predicted molar refractivity (Wildman–Crippen MR) is 167 cm³/mol. The molecule has 13 heteroatoms. The number of hydrogen-bond donors (Lipinski definition) is 1. The highest BCUT2D eigenvalue weighted by Gasteiger charge is 2.31. The first-order valence-electron chi connectivity index (χ1n) is 15.2. The molecule has 0 radical (unpaired) electrons. The molecule has 1 aliphatic carbocycles. The van der Waals surface area contributed by atoms with Gasteiger partial charge in [-0.15, -0.1) is 0 Å². The SMILES string of the molecule is CC(C)(C)OC(=O)N1CCCC(CCn2cnc3ccc(Oc4c(F)ccc(NS(=O)(=O)C5CCCC5)c4C#N)cc3c2=O)C1. The van der Waals surface area contributed by atoms with Crippen molar-refractivity contribution >= 4 is 32.7 Å². The molecule has 1 atom stereocenters. The van der Waals surface area contributed by atoms with E-state index in [2.05, 4.69) is 9.71 Å². The zero-order valence-corrected chi connectivity index (χ0v) is 26.5. The van der Waals surface area contributed by atoms with Crippen molar-refractivity contribution < 1.29 is 27.1 Å². The van der Waals surface area contributed by atoms with E-state index in [1.807, 2.05) is 26.8 Å². The van der Waals surface area contributed by atoms with Gasteiger partial charge in [-0.1, -0.05) is 12.8 Å². The van der Waals surface area contributed by atoms with Crippen LogP contribution in [0.2, 0.25) is 0 Å². The number of amides is 1. The first kappa shape index (κ1) is 32.2. The van der Waals surface area contributed by atoms with E-state index >= 15 is 0 Å². The van der Waals surface area contributed by atoms with Crippen molar-refractivity contribution in [2.75, 3.05) is 17.8 Å². The highest BCUT2D eigenvalue weighted by Crippen LogP contribution is 2.35. The standard InChI is InChI=1S/C32H38FN5O6S/c1-32(2,3)44-31(40)37-15-6-7-21(19-37)14-16-38-20-35-27-12-10-22(17-24(27)30(38)39)43-29-25(18-34)28(13-11-26(29)33)36-45(41,42)23-8-4-5-9-23/h10-13,17,20-21,23,36H,4-9,14-16,19H2,1-3H3. The van der Waals surface area contributed by atoms with Crippen molar-refractivity contribution in [3.63, 3.8) is 0 Å². The van der Waals surface area contributed by atoms with Crippen LogP contribution in [0.4, 0.5) is 14.9 Å². The fourth-order valence-electron chi connectivity index (χ4n) is 5.88. The van der Waals surface area contributed by atoms with E-state index in [0.717, 1.165) is 31.7 Å². The fraction of sp³-hybridized carbons (Fsp3) is 0.500. The number of ether oxygens (including phenoxy) is 2. The summed E-state index contributed by atoms with van der Waals surface area (Å²) in [5, 5.41) is 9.52. The van der Waals surface area contributed by atoms with E-state index in [1.54, 1.807) is 11.0 Å². The minimum absolute atomic E-state index is 0.0708. The number of anilines is 1. The van der Waals surface area contributed by atoms with E-state index in [-0.39, 0.29) is 40.0 Å². The maximum Gasteiger partial charge on any atom is 0.410 e. The van der Waals surface area contributed by atoms with Gasteiger partial charge in [-0.05, 0) is 89.1 Å². The molecular formula is C32H38FN5O6S. The molecule has 11 nitrogen and oxygen atoms in total. The van der Waals surface area contributed by atoms with Crippen LogP contribution in [-0.4, -0.2) is 52.9 Å². The van der Waals surface area contributed by atoms with Gasteiger partial charge < -0.3 is 14.4 Å². The first-order valence-corrected chi connectivity index (χ1v) is 16.8. The number of fused-ring (bicyclic) bond motifs is 1. The summed E-state index contributed by atoms with van der Waals surface area (Å²) in [5.74, 6) is -1.02. The summed E-state index contributed by atoms with van der Waals surface area (Å²) in [4.78, 5) is 32.1. The summed E-state index contributed by atoms with van der Waals surface area (Å²) < 4.78 is 56.0. The van der Waals surface area contributed by atoms with Crippen LogP contribution >= 0.6 is 0 Å². The minimum atomic E-state index is -3.77. The molecule has 1 aromatic heterocycles. The van der Waals surface area contributed by atoms with Crippen LogP contribution in [0.25, 0.3) is 10.9 Å². The molecule has 2 aliphatic rings. The minimum Gasteiger partial charge on any atom is -0.453 e. The van der Waals surface area contributed by atoms with Crippen LogP contribution in [0, 0.1) is 23.1 Å². The lowest BCUT2D eigenvalue weighted by Crippen LogP contribution is -2.43. The Bertz CT molecular complexity index is 1790. The molecule has 1 unspecified atom stereocenters. The van der Waals surface area contributed by atoms with E-state index in [1.165, 1.54) is 29.1 Å². The summed E-state index contributed by atoms with van der Waals surface area (Å²) in [6, 6.07) is 8.60. The molecule has 1 saturated heterocycles. The van der Waals surface area contributed by atoms with Crippen molar-refractivity contribution in [1.29, 1.82) is 5.26 Å². The van der Waals surface area contributed by atoms with Gasteiger partial charge in [0.15, 0.2) is 11.6 Å². The number of hydrogen-bond acceptors (Lipinski definition) is 8. The quantitative estimate of drug-likeness (QED) is 0.320. The zero-order valence-electron chi connectivity index (χ0n) is 25.7. The number of carbonyl (C=O) groups excluding carboxylic acids is 1. The monoisotopic (exact) mass is 639 g/mol. The lowest BCUT2D eigenvalue weighted by Gasteiger charge is -2.34. The molecule has 2 fully saturated rings. The number of likely N-dealkylation sites (tertiary alicyclic amines) is 1. The average Bonchev–Trinajstić information content (AvgIpc) is 3.55. The van der Waals surface area contributed by atoms with Crippen molar-refractivity contribution in [2.45, 2.75) is 83.1 Å². The van der Waals surface area contributed by atoms with Gasteiger partial charge in [0.1, 0.15) is 23.0 Å². The largest absolute Gasteiger partial charge is 0.453 e. The number of rotatable bonds is 8. The van der Waals surface area contributed by atoms with Gasteiger partial charge in [0.25, 0.3) is 5.56 Å². The van der Waals surface area contributed by atoms with Gasteiger partial charge in [-0.25, -0.2) is 22.6 Å². The summed E-state index contributed by atoms with van der Waals surface area (Å²) >= 11 is 0. The van der Waals surface area contributed by atoms with Crippen LogP contribution < -0.4 is 15.0 Å². The number of piperidine rings is 1. The Morgan fingerprint density at radius 2 is 1.91 bits per heavy atom. The normalized spacial score (nSPS) is 17.7. The van der Waals surface area contributed by atoms with Gasteiger partial charge >= 0.3 is 6.09 Å². The molecular weight excluding hydrogens is 601 g/mol. The summed E-state index contributed by atoms with van der Waals surface area (Å²) in [7, 11) is -3.77. The lowest BCUT2D eigenvalue weighted by molar-refractivity contribution is 0.0159. The second kappa shape index (κ2) is 13.0. The van der Waals surface area contributed by atoms with Crippen molar-refractivity contribution in [3.05, 3.63) is 58.4 Å². The van der Waals surface area contributed by atoms with E-state index in [0.29, 0.717) is 44.4 Å². The van der Waals surface area contributed by atoms with Crippen LogP contribution in [0.5, 0.6) is 11.5 Å². The summed E-state index contributed by atoms with van der Waals surface area (Å²) in [6.07, 6.45) is 6.23. The molecule has 0 spiro atoms. The Balaban J connectivity index is 1.33. The highest BCUT2D eigenvalue weighted by molar-refractivity contribution is 7.93. The molecule has 2 heterocycles. The number of benzene rings is 2. The molecule has 0 bridgehead atoms. The smallest absolute Gasteiger partial charge is 0.410 e. The first-order chi connectivity index (χ1) is 21.3. The summed E-state index contributed by atoms with van der Waals surface area (Å²) in [5.41, 5.74) is -0.846. The molecule has 240 valence electrons. The zero-order chi connectivity index (χ0) is 32.4. The third-order valence-electron chi connectivity index (χ3n) is 8.18. The van der Waals surface area contributed by atoms with E-state index < -0.39 is 32.4 Å². The molecule has 2 aromatic carbocycles. The second-order valence-electron chi connectivity index (χ2n) is 12.7. The van der Waals surface area contributed by atoms with Gasteiger partial charge in [-0.2, -0.15) is 5.26 Å². The predicted octanol–water partition coefficient (Wildman–Crippen LogP) is 5.92. The van der Waals surface area contributed by atoms with Crippen LogP contribution in [0.3, 0.4) is 0 Å². The Labute approximate surface area is 262 Å². The van der Waals surface area contributed by atoms with Gasteiger partial charge in [0, 0.05) is 19.6 Å². The van der Waals surface area contributed by atoms with E-state index in [9.17, 15) is 27.7 Å². The number of nitrogens with one attached hydrogen (secondary N) is 1. The number of nitrogens with zero attached hydrogens (tertiary/aromatic N) is 4. The number of sulfonamides is 1. The van der Waals surface area contributed by atoms with Crippen molar-refractivity contribution in [1.82, 2.24) is 14.5 Å². The van der Waals surface area contributed by atoms with Gasteiger partial charge in [-0.3, -0.25) is 14.1 Å². The van der Waals surface area contributed by atoms with Crippen LogP contribution in [0.15, 0.2) is 41.5 Å². The Hall–Kier alpha value is -4.18. The summed E-state index contributed by atoms with van der Waals surface area (Å²) in [6.45, 7) is 7.07. The number of aromatic nitrogens is 2. The number of carbonyl (C=O) groups is 1. The molecule has 1 aliphatic heterocycles. The third-order valence-corrected chi connectivity index (χ3v) is 10.0. The van der Waals surface area contributed by atoms with Crippen LogP contribution in [0.1, 0.15) is 71.3 Å². The Morgan fingerprint density at radius 1 is 1.16 bits per heavy atom. The van der Waals surface area contributed by atoms with Gasteiger partial charge in [0.05, 0.1) is 28.2 Å². The molecule has 1 saturated carbocycles. The van der Waals surface area contributed by atoms with Crippen LogP contribution in [-0.2, 0) is 21.3 Å². The molecule has 45 heavy (non-hydrogen) atoms. The number of halogens is 1. The lowest BCUT2D eigenvalue weighted by atomic mass is 9.95. The number of nitriles is 1. The third kappa shape index (κ3) is 7.56. The fourth-order valence-corrected chi connectivity index (χ4v) is 7.48. The maximum atomic E-state index is 15.0. The molecule has 5 rings (SSSR count). The Kier molecular flexibility index (Phi) is 9.34. The number of aryl methyl sites for hydroxylation is 1. The van der Waals surface area contributed by atoms with Crippen molar-refractivity contribution in [3.8, 4) is 17.6 Å². The highest BCUT2D eigenvalue weighted by atomic mass is 32.2. The molecule has 1 N–H and O–H groups in total. The van der Waals surface area contributed by atoms with E-state index in [4.69, 9.17) is 9.47 Å². The average molecular weight is 640 g/mol. The van der Waals surface area contributed by atoms with Crippen molar-refractivity contribution in [2.24, 2.45) is 5.92 Å². The maximum absolute atomic E-state index is 15.0. The topological polar surface area (TPSA) is 144 Å².